The van der Waals surface area contributed by atoms with Crippen LogP contribution in [-0.4, -0.2) is 15.9 Å². The van der Waals surface area contributed by atoms with Gasteiger partial charge < -0.3 is 9.47 Å². The Morgan fingerprint density at radius 1 is 1.21 bits per heavy atom. The molecule has 1 aromatic heterocycles. The molecular weight excluding hydrogens is 404 g/mol. The van der Waals surface area contributed by atoms with E-state index in [1.165, 1.54) is 23.5 Å². The third-order valence-corrected chi connectivity index (χ3v) is 4.90. The first-order chi connectivity index (χ1) is 13.4. The van der Waals surface area contributed by atoms with Crippen LogP contribution in [0.15, 0.2) is 47.8 Å². The maximum Gasteiger partial charge on any atom is 0.345 e. The molecule has 0 amide bonds. The maximum absolute atomic E-state index is 12.3. The number of carbonyl (C=O) groups is 1. The molecule has 0 spiro atoms. The number of benzene rings is 2. The Balaban J connectivity index is 1.59. The van der Waals surface area contributed by atoms with Crippen molar-refractivity contribution in [2.24, 2.45) is 0 Å². The number of thiazole rings is 1. The number of aryl methyl sites for hydroxylation is 1. The number of rotatable bonds is 7. The third kappa shape index (κ3) is 4.85. The van der Waals surface area contributed by atoms with E-state index in [4.69, 9.17) is 21.1 Å². The monoisotopic (exact) mass is 418 g/mol. The number of ether oxygens (including phenoxy) is 2. The summed E-state index contributed by atoms with van der Waals surface area (Å²) in [6.45, 7) is 1.81. The van der Waals surface area contributed by atoms with E-state index in [0.717, 1.165) is 0 Å². The summed E-state index contributed by atoms with van der Waals surface area (Å²) in [6, 6.07) is 11.4. The SMILES string of the molecule is Cc1cccc([N+](=O)[O-])c1C(=O)OCc1csc(COc2ccc(Cl)cc2)n1. The fraction of sp³-hybridized carbons (Fsp3) is 0.158. The molecule has 0 atom stereocenters. The Labute approximate surface area is 169 Å². The molecule has 0 N–H and O–H groups in total. The highest BCUT2D eigenvalue weighted by atomic mass is 35.5. The number of halogens is 1. The Morgan fingerprint density at radius 3 is 2.68 bits per heavy atom. The van der Waals surface area contributed by atoms with Crippen molar-refractivity contribution in [1.29, 1.82) is 0 Å². The molecule has 0 saturated heterocycles. The van der Waals surface area contributed by atoms with Gasteiger partial charge in [-0.05, 0) is 36.8 Å². The highest BCUT2D eigenvalue weighted by molar-refractivity contribution is 7.09. The molecule has 0 radical (unpaired) electrons. The van der Waals surface area contributed by atoms with Crippen molar-refractivity contribution < 1.29 is 19.2 Å². The van der Waals surface area contributed by atoms with E-state index in [-0.39, 0.29) is 24.5 Å². The van der Waals surface area contributed by atoms with E-state index < -0.39 is 10.9 Å². The predicted molar refractivity (Wildman–Crippen MR) is 105 cm³/mol. The van der Waals surface area contributed by atoms with Crippen LogP contribution in [0.4, 0.5) is 5.69 Å². The second-order valence-electron chi connectivity index (χ2n) is 5.78. The molecule has 0 aliphatic heterocycles. The van der Waals surface area contributed by atoms with Crippen molar-refractivity contribution in [3.8, 4) is 5.75 Å². The van der Waals surface area contributed by atoms with E-state index in [1.807, 2.05) is 0 Å². The Morgan fingerprint density at radius 2 is 1.96 bits per heavy atom. The second-order valence-corrected chi connectivity index (χ2v) is 7.16. The molecule has 7 nitrogen and oxygen atoms in total. The minimum absolute atomic E-state index is 0.0472. The van der Waals surface area contributed by atoms with Gasteiger partial charge in [0.15, 0.2) is 0 Å². The molecule has 0 saturated carbocycles. The molecule has 144 valence electrons. The Bertz CT molecular complexity index is 1000. The van der Waals surface area contributed by atoms with Gasteiger partial charge in [-0.3, -0.25) is 10.1 Å². The van der Waals surface area contributed by atoms with Crippen LogP contribution in [0, 0.1) is 17.0 Å². The van der Waals surface area contributed by atoms with Gasteiger partial charge in [0, 0.05) is 16.5 Å². The van der Waals surface area contributed by atoms with Gasteiger partial charge in [0.25, 0.3) is 5.69 Å². The highest BCUT2D eigenvalue weighted by Gasteiger charge is 2.23. The average molecular weight is 419 g/mol. The molecule has 0 bridgehead atoms. The summed E-state index contributed by atoms with van der Waals surface area (Å²) < 4.78 is 10.8. The van der Waals surface area contributed by atoms with Crippen LogP contribution < -0.4 is 4.74 Å². The number of nitrogens with zero attached hydrogens (tertiary/aromatic N) is 2. The predicted octanol–water partition coefficient (Wildman–Crippen LogP) is 4.95. The molecule has 3 aromatic rings. The van der Waals surface area contributed by atoms with Crippen molar-refractivity contribution in [1.82, 2.24) is 4.98 Å². The number of esters is 1. The summed E-state index contributed by atoms with van der Waals surface area (Å²) in [5.74, 6) is -0.0868. The van der Waals surface area contributed by atoms with E-state index in [9.17, 15) is 14.9 Å². The van der Waals surface area contributed by atoms with E-state index in [1.54, 1.807) is 42.6 Å². The van der Waals surface area contributed by atoms with Gasteiger partial charge in [-0.2, -0.15) is 0 Å². The van der Waals surface area contributed by atoms with Crippen LogP contribution in [0.3, 0.4) is 0 Å². The summed E-state index contributed by atoms with van der Waals surface area (Å²) >= 11 is 7.20. The largest absolute Gasteiger partial charge is 0.486 e. The summed E-state index contributed by atoms with van der Waals surface area (Å²) in [7, 11) is 0. The molecule has 1 heterocycles. The van der Waals surface area contributed by atoms with Crippen LogP contribution in [-0.2, 0) is 18.0 Å². The van der Waals surface area contributed by atoms with Gasteiger partial charge in [-0.1, -0.05) is 23.7 Å². The highest BCUT2D eigenvalue weighted by Crippen LogP contribution is 2.23. The van der Waals surface area contributed by atoms with Crippen molar-refractivity contribution >= 4 is 34.6 Å². The second kappa shape index (κ2) is 8.81. The number of carbonyl (C=O) groups excluding carboxylic acids is 1. The quantitative estimate of drug-likeness (QED) is 0.306. The van der Waals surface area contributed by atoms with Crippen molar-refractivity contribution in [2.45, 2.75) is 20.1 Å². The van der Waals surface area contributed by atoms with Gasteiger partial charge in [-0.15, -0.1) is 11.3 Å². The van der Waals surface area contributed by atoms with Gasteiger partial charge in [-0.25, -0.2) is 9.78 Å². The fourth-order valence-corrected chi connectivity index (χ4v) is 3.25. The van der Waals surface area contributed by atoms with E-state index in [0.29, 0.717) is 27.0 Å². The van der Waals surface area contributed by atoms with Crippen molar-refractivity contribution in [2.75, 3.05) is 0 Å². The van der Waals surface area contributed by atoms with Crippen molar-refractivity contribution in [3.05, 3.63) is 84.8 Å². The van der Waals surface area contributed by atoms with Gasteiger partial charge in [0.05, 0.1) is 10.6 Å². The molecule has 2 aromatic carbocycles. The lowest BCUT2D eigenvalue weighted by molar-refractivity contribution is -0.385. The van der Waals surface area contributed by atoms with Crippen LogP contribution in [0.5, 0.6) is 5.75 Å². The summed E-state index contributed by atoms with van der Waals surface area (Å²) in [6.07, 6.45) is 0. The van der Waals surface area contributed by atoms with Crippen LogP contribution >= 0.6 is 22.9 Å². The Hall–Kier alpha value is -2.97. The summed E-state index contributed by atoms with van der Waals surface area (Å²) in [5.41, 5.74) is 0.702. The van der Waals surface area contributed by atoms with Crippen molar-refractivity contribution in [3.63, 3.8) is 0 Å². The minimum Gasteiger partial charge on any atom is -0.486 e. The number of hydrogen-bond donors (Lipinski definition) is 0. The standard InChI is InChI=1S/C19H15ClN2O5S/c1-12-3-2-4-16(22(24)25)18(12)19(23)27-9-14-11-28-17(21-14)10-26-15-7-5-13(20)6-8-15/h2-8,11H,9-10H2,1H3. The Kier molecular flexibility index (Phi) is 6.23. The van der Waals surface area contributed by atoms with Gasteiger partial charge >= 0.3 is 5.97 Å². The first-order valence-corrected chi connectivity index (χ1v) is 9.42. The first-order valence-electron chi connectivity index (χ1n) is 8.17. The number of nitro benzene ring substituents is 1. The third-order valence-electron chi connectivity index (χ3n) is 3.78. The normalized spacial score (nSPS) is 10.5. The summed E-state index contributed by atoms with van der Waals surface area (Å²) in [4.78, 5) is 27.2. The molecule has 9 heteroatoms. The zero-order chi connectivity index (χ0) is 20.1. The smallest absolute Gasteiger partial charge is 0.345 e. The molecule has 28 heavy (non-hydrogen) atoms. The average Bonchev–Trinajstić information content (AvgIpc) is 3.13. The van der Waals surface area contributed by atoms with E-state index >= 15 is 0 Å². The molecule has 0 fully saturated rings. The van der Waals surface area contributed by atoms with Gasteiger partial charge in [0.1, 0.15) is 29.5 Å². The van der Waals surface area contributed by atoms with Crippen LogP contribution in [0.2, 0.25) is 5.02 Å². The number of hydrogen-bond acceptors (Lipinski definition) is 7. The minimum atomic E-state index is -0.753. The molecule has 0 aliphatic carbocycles. The number of aromatic nitrogens is 1. The molecular formula is C19H15ClN2O5S. The zero-order valence-corrected chi connectivity index (χ0v) is 16.3. The topological polar surface area (TPSA) is 91.6 Å². The first kappa shape index (κ1) is 19.8. The lowest BCUT2D eigenvalue weighted by Gasteiger charge is -2.06. The van der Waals surface area contributed by atoms with Gasteiger partial charge in [0.2, 0.25) is 0 Å². The number of nitro groups is 1. The molecule has 3 rings (SSSR count). The molecule has 0 aliphatic rings. The lowest BCUT2D eigenvalue weighted by Crippen LogP contribution is -2.10. The van der Waals surface area contributed by atoms with Crippen LogP contribution in [0.25, 0.3) is 0 Å². The fourth-order valence-electron chi connectivity index (χ4n) is 2.44. The maximum atomic E-state index is 12.3. The van der Waals surface area contributed by atoms with E-state index in [2.05, 4.69) is 4.98 Å². The van der Waals surface area contributed by atoms with Crippen LogP contribution in [0.1, 0.15) is 26.6 Å². The lowest BCUT2D eigenvalue weighted by atomic mass is 10.1. The zero-order valence-electron chi connectivity index (χ0n) is 14.8. The summed E-state index contributed by atoms with van der Waals surface area (Å²) in [5, 5.41) is 14.2. The molecule has 0 unspecified atom stereocenters.